The van der Waals surface area contributed by atoms with Crippen molar-refractivity contribution in [3.05, 3.63) is 107 Å². The van der Waals surface area contributed by atoms with Crippen LogP contribution < -0.4 is 5.32 Å². The summed E-state index contributed by atoms with van der Waals surface area (Å²) in [4.78, 5) is 11.7. The van der Waals surface area contributed by atoms with Gasteiger partial charge in [0.05, 0.1) is 6.10 Å². The number of hydrogen-bond acceptors (Lipinski definition) is 6. The zero-order valence-corrected chi connectivity index (χ0v) is 24.7. The number of aryl methyl sites for hydroxylation is 1. The number of aromatic carboxylic acids is 1. The summed E-state index contributed by atoms with van der Waals surface area (Å²) in [5.74, 6) is -1.43. The lowest BCUT2D eigenvalue weighted by Crippen LogP contribution is -2.22. The molecule has 0 aliphatic carbocycles. The number of aromatic hydroxyl groups is 2. The molecule has 5 N–H and O–H groups in total. The Kier molecular flexibility index (Phi) is 12.4. The maximum Gasteiger partial charge on any atom is 0.339 e. The predicted molar refractivity (Wildman–Crippen MR) is 170 cm³/mol. The third kappa shape index (κ3) is 9.55. The average molecular weight is 586 g/mol. The molecule has 4 aromatic carbocycles. The first-order chi connectivity index (χ1) is 20.9. The van der Waals surface area contributed by atoms with E-state index in [1.54, 1.807) is 30.3 Å². The molecule has 0 amide bonds. The van der Waals surface area contributed by atoms with Gasteiger partial charge >= 0.3 is 5.97 Å². The SMILES string of the molecule is O=C(O)c1cc(Cc2cc([C@@H](O)CNCCCCCCOCCCCc3ccccc3)ccc2O)c2ccccc2c1O. The minimum atomic E-state index is -1.22. The summed E-state index contributed by atoms with van der Waals surface area (Å²) in [7, 11) is 0. The summed E-state index contributed by atoms with van der Waals surface area (Å²) in [6, 6.07) is 24.1. The van der Waals surface area contributed by atoms with Crippen LogP contribution in [0, 0.1) is 0 Å². The van der Waals surface area contributed by atoms with Crippen LogP contribution >= 0.6 is 0 Å². The van der Waals surface area contributed by atoms with Crippen molar-refractivity contribution < 1.29 is 30.0 Å². The Labute approximate surface area is 253 Å². The summed E-state index contributed by atoms with van der Waals surface area (Å²) in [5, 5.41) is 45.8. The zero-order chi connectivity index (χ0) is 30.4. The van der Waals surface area contributed by atoms with Gasteiger partial charge in [0.15, 0.2) is 0 Å². The Morgan fingerprint density at radius 3 is 2.23 bits per heavy atom. The third-order valence-electron chi connectivity index (χ3n) is 7.78. The molecule has 0 saturated carbocycles. The molecule has 0 fully saturated rings. The number of ether oxygens (including phenoxy) is 1. The van der Waals surface area contributed by atoms with E-state index in [-0.39, 0.29) is 23.5 Å². The molecule has 0 aliphatic rings. The van der Waals surface area contributed by atoms with E-state index in [0.717, 1.165) is 64.7 Å². The highest BCUT2D eigenvalue weighted by molar-refractivity contribution is 6.02. The summed E-state index contributed by atoms with van der Waals surface area (Å²) < 4.78 is 5.77. The minimum Gasteiger partial charge on any atom is -0.508 e. The molecule has 0 unspecified atom stereocenters. The van der Waals surface area contributed by atoms with Gasteiger partial charge in [0.1, 0.15) is 17.1 Å². The van der Waals surface area contributed by atoms with E-state index in [1.165, 1.54) is 11.6 Å². The number of nitrogens with one attached hydrogen (secondary N) is 1. The third-order valence-corrected chi connectivity index (χ3v) is 7.78. The maximum absolute atomic E-state index is 11.7. The molecule has 7 heteroatoms. The fraction of sp³-hybridized carbons (Fsp3) is 0.361. The molecule has 0 radical (unpaired) electrons. The van der Waals surface area contributed by atoms with Gasteiger partial charge in [-0.05, 0) is 84.5 Å². The van der Waals surface area contributed by atoms with E-state index in [2.05, 4.69) is 29.6 Å². The molecular weight excluding hydrogens is 542 g/mol. The van der Waals surface area contributed by atoms with Gasteiger partial charge < -0.3 is 30.5 Å². The molecule has 0 heterocycles. The van der Waals surface area contributed by atoms with Crippen molar-refractivity contribution in [1.82, 2.24) is 5.32 Å². The number of carboxylic acid groups (broad SMARTS) is 1. The first-order valence-corrected chi connectivity index (χ1v) is 15.2. The number of aliphatic hydroxyl groups excluding tert-OH is 1. The summed E-state index contributed by atoms with van der Waals surface area (Å²) in [5.41, 5.74) is 3.10. The Morgan fingerprint density at radius 2 is 1.47 bits per heavy atom. The lowest BCUT2D eigenvalue weighted by Gasteiger charge is -2.16. The first kappa shape index (κ1) is 32.0. The number of phenols is 2. The van der Waals surface area contributed by atoms with Crippen LogP contribution in [-0.2, 0) is 17.6 Å². The van der Waals surface area contributed by atoms with Gasteiger partial charge in [-0.2, -0.15) is 0 Å². The molecule has 0 bridgehead atoms. The van der Waals surface area contributed by atoms with Gasteiger partial charge in [0.2, 0.25) is 0 Å². The van der Waals surface area contributed by atoms with E-state index in [0.29, 0.717) is 34.0 Å². The van der Waals surface area contributed by atoms with Crippen molar-refractivity contribution in [2.75, 3.05) is 26.3 Å². The number of unbranched alkanes of at least 4 members (excludes halogenated alkanes) is 4. The number of rotatable bonds is 18. The molecule has 43 heavy (non-hydrogen) atoms. The van der Waals surface area contributed by atoms with Crippen molar-refractivity contribution in [3.63, 3.8) is 0 Å². The summed E-state index contributed by atoms with van der Waals surface area (Å²) in [6.07, 6.45) is 7.13. The largest absolute Gasteiger partial charge is 0.508 e. The van der Waals surface area contributed by atoms with Crippen molar-refractivity contribution in [1.29, 1.82) is 0 Å². The molecule has 7 nitrogen and oxygen atoms in total. The topological polar surface area (TPSA) is 119 Å². The van der Waals surface area contributed by atoms with Crippen LogP contribution in [0.4, 0.5) is 0 Å². The molecule has 0 saturated heterocycles. The first-order valence-electron chi connectivity index (χ1n) is 15.2. The van der Waals surface area contributed by atoms with Crippen molar-refractivity contribution >= 4 is 16.7 Å². The van der Waals surface area contributed by atoms with Gasteiger partial charge in [-0.3, -0.25) is 0 Å². The summed E-state index contributed by atoms with van der Waals surface area (Å²) >= 11 is 0. The second-order valence-electron chi connectivity index (χ2n) is 11.0. The fourth-order valence-electron chi connectivity index (χ4n) is 5.35. The Morgan fingerprint density at radius 1 is 0.767 bits per heavy atom. The van der Waals surface area contributed by atoms with Gasteiger partial charge in [-0.15, -0.1) is 0 Å². The predicted octanol–water partition coefficient (Wildman–Crippen LogP) is 6.76. The zero-order valence-electron chi connectivity index (χ0n) is 24.7. The van der Waals surface area contributed by atoms with Crippen LogP contribution in [-0.4, -0.2) is 52.7 Å². The van der Waals surface area contributed by atoms with Crippen molar-refractivity contribution in [2.45, 2.75) is 57.5 Å². The number of carboxylic acids is 1. The molecule has 4 aromatic rings. The van der Waals surface area contributed by atoms with Crippen LogP contribution in [0.2, 0.25) is 0 Å². The fourth-order valence-corrected chi connectivity index (χ4v) is 5.35. The van der Waals surface area contributed by atoms with Crippen LogP contribution in [0.25, 0.3) is 10.8 Å². The number of benzene rings is 4. The minimum absolute atomic E-state index is 0.0640. The monoisotopic (exact) mass is 585 g/mol. The van der Waals surface area contributed by atoms with Gasteiger partial charge in [-0.1, -0.05) is 73.5 Å². The van der Waals surface area contributed by atoms with Gasteiger partial charge in [-0.25, -0.2) is 4.79 Å². The lowest BCUT2D eigenvalue weighted by atomic mass is 9.93. The van der Waals surface area contributed by atoms with Crippen LogP contribution in [0.3, 0.4) is 0 Å². The van der Waals surface area contributed by atoms with Crippen LogP contribution in [0.1, 0.15) is 77.2 Å². The number of phenolic OH excluding ortho intramolecular Hbond substituents is 1. The average Bonchev–Trinajstić information content (AvgIpc) is 3.02. The summed E-state index contributed by atoms with van der Waals surface area (Å²) in [6.45, 7) is 2.82. The number of hydrogen-bond donors (Lipinski definition) is 5. The smallest absolute Gasteiger partial charge is 0.339 e. The Balaban J connectivity index is 1.15. The quantitative estimate of drug-likeness (QED) is 0.0819. The molecule has 1 atom stereocenters. The number of carbonyl (C=O) groups is 1. The number of aliphatic hydroxyl groups is 1. The highest BCUT2D eigenvalue weighted by Crippen LogP contribution is 2.34. The second kappa shape index (κ2) is 16.7. The standard InChI is InChI=1S/C36H43NO6/c38-33-18-17-27(22-29(33)23-28-24-32(36(41)42)35(40)31-16-7-6-15-30(28)31)34(39)25-37-19-9-1-2-10-20-43-21-11-8-14-26-12-4-3-5-13-26/h3-7,12-13,15-18,22,24,34,37-40H,1-2,8-11,14,19-21,23,25H2,(H,41,42)/t34-/m0/s1. The van der Waals surface area contributed by atoms with Crippen molar-refractivity contribution in [3.8, 4) is 11.5 Å². The Hall–Kier alpha value is -3.91. The van der Waals surface area contributed by atoms with Crippen molar-refractivity contribution in [2.24, 2.45) is 0 Å². The highest BCUT2D eigenvalue weighted by atomic mass is 16.5. The number of fused-ring (bicyclic) bond motifs is 1. The normalized spacial score (nSPS) is 12.0. The van der Waals surface area contributed by atoms with E-state index < -0.39 is 12.1 Å². The van der Waals surface area contributed by atoms with E-state index in [4.69, 9.17) is 4.74 Å². The van der Waals surface area contributed by atoms with E-state index >= 15 is 0 Å². The second-order valence-corrected chi connectivity index (χ2v) is 11.0. The molecule has 0 aliphatic heterocycles. The Bertz CT molecular complexity index is 1460. The molecule has 0 aromatic heterocycles. The lowest BCUT2D eigenvalue weighted by molar-refractivity contribution is 0.0694. The molecule has 228 valence electrons. The van der Waals surface area contributed by atoms with E-state index in [9.17, 15) is 25.2 Å². The molecule has 4 rings (SSSR count). The maximum atomic E-state index is 11.7. The highest BCUT2D eigenvalue weighted by Gasteiger charge is 2.18. The van der Waals surface area contributed by atoms with E-state index in [1.807, 2.05) is 18.2 Å². The molecule has 0 spiro atoms. The van der Waals surface area contributed by atoms with Gasteiger partial charge in [0, 0.05) is 31.6 Å². The molecular formula is C36H43NO6. The van der Waals surface area contributed by atoms with Crippen LogP contribution in [0.5, 0.6) is 11.5 Å². The van der Waals surface area contributed by atoms with Gasteiger partial charge in [0.25, 0.3) is 0 Å². The van der Waals surface area contributed by atoms with Crippen LogP contribution in [0.15, 0.2) is 78.9 Å².